The van der Waals surface area contributed by atoms with E-state index in [4.69, 9.17) is 20.6 Å². The van der Waals surface area contributed by atoms with Gasteiger partial charge in [0.15, 0.2) is 0 Å². The molecule has 0 atom stereocenters. The lowest BCUT2D eigenvalue weighted by molar-refractivity contribution is 0.0472. The third-order valence-electron chi connectivity index (χ3n) is 6.64. The Kier molecular flexibility index (Phi) is 10.5. The van der Waals surface area contributed by atoms with E-state index >= 15 is 0 Å². The molecule has 0 aromatic heterocycles. The van der Waals surface area contributed by atoms with Crippen molar-refractivity contribution in [1.29, 1.82) is 0 Å². The van der Waals surface area contributed by atoms with Gasteiger partial charge in [0.2, 0.25) is 0 Å². The molecule has 212 valence electrons. The molecule has 0 fully saturated rings. The lowest BCUT2D eigenvalue weighted by Crippen LogP contribution is -2.16. The van der Waals surface area contributed by atoms with Crippen LogP contribution in [0.2, 0.25) is 0 Å². The first-order chi connectivity index (χ1) is 18.8. The number of aryl methyl sites for hydroxylation is 1. The van der Waals surface area contributed by atoms with Crippen LogP contribution in [-0.2, 0) is 22.2 Å². The number of unbranched alkanes of at least 4 members (excludes halogenated alkanes) is 1. The highest BCUT2D eigenvalue weighted by atomic mass is 79.9. The van der Waals surface area contributed by atoms with Crippen molar-refractivity contribution >= 4 is 21.9 Å². The van der Waals surface area contributed by atoms with Crippen molar-refractivity contribution in [1.82, 2.24) is 0 Å². The fourth-order valence-corrected chi connectivity index (χ4v) is 4.58. The third-order valence-corrected chi connectivity index (χ3v) is 7.10. The molecule has 0 aliphatic heterocycles. The highest BCUT2D eigenvalue weighted by Gasteiger charge is 2.21. The van der Waals surface area contributed by atoms with Gasteiger partial charge in [0.1, 0.15) is 18.1 Å². The molecule has 0 N–H and O–H groups in total. The van der Waals surface area contributed by atoms with Crippen LogP contribution in [0, 0.1) is 19.3 Å². The molecule has 4 nitrogen and oxygen atoms in total. The van der Waals surface area contributed by atoms with Crippen molar-refractivity contribution in [3.8, 4) is 23.8 Å². The highest BCUT2D eigenvalue weighted by molar-refractivity contribution is 9.10. The molecular formula is C35H41BrO4. The van der Waals surface area contributed by atoms with E-state index in [0.717, 1.165) is 39.8 Å². The zero-order valence-electron chi connectivity index (χ0n) is 24.8. The Hall–Kier alpha value is -3.23. The van der Waals surface area contributed by atoms with E-state index in [1.165, 1.54) is 11.1 Å². The van der Waals surface area contributed by atoms with Gasteiger partial charge in [0.05, 0.1) is 18.8 Å². The number of carbonyl (C=O) groups excluding carboxylic acids is 1. The van der Waals surface area contributed by atoms with E-state index in [0.29, 0.717) is 24.5 Å². The predicted molar refractivity (Wildman–Crippen MR) is 166 cm³/mol. The minimum absolute atomic E-state index is 0.0509. The average molecular weight is 606 g/mol. The molecule has 3 aromatic rings. The van der Waals surface area contributed by atoms with Gasteiger partial charge in [0.25, 0.3) is 0 Å². The summed E-state index contributed by atoms with van der Waals surface area (Å²) < 4.78 is 18.4. The van der Waals surface area contributed by atoms with Gasteiger partial charge >= 0.3 is 5.97 Å². The molecule has 0 amide bonds. The van der Waals surface area contributed by atoms with Gasteiger partial charge in [0, 0.05) is 10.0 Å². The Morgan fingerprint density at radius 2 is 1.40 bits per heavy atom. The van der Waals surface area contributed by atoms with Gasteiger partial charge in [-0.1, -0.05) is 81.6 Å². The summed E-state index contributed by atoms with van der Waals surface area (Å²) in [5.74, 6) is 3.76. The number of esters is 1. The molecule has 3 aromatic carbocycles. The summed E-state index contributed by atoms with van der Waals surface area (Å²) in [7, 11) is 0. The van der Waals surface area contributed by atoms with Gasteiger partial charge in [-0.05, 0) is 89.2 Å². The minimum Gasteiger partial charge on any atom is -0.494 e. The van der Waals surface area contributed by atoms with Gasteiger partial charge in [-0.15, -0.1) is 6.42 Å². The maximum atomic E-state index is 12.7. The second-order valence-electron chi connectivity index (χ2n) is 12.2. The molecule has 0 bridgehead atoms. The maximum absolute atomic E-state index is 12.7. The first-order valence-corrected chi connectivity index (χ1v) is 14.5. The van der Waals surface area contributed by atoms with Crippen LogP contribution in [0.4, 0.5) is 0 Å². The number of hydrogen-bond donors (Lipinski definition) is 0. The molecule has 0 saturated heterocycles. The van der Waals surface area contributed by atoms with Gasteiger partial charge < -0.3 is 14.2 Å². The van der Waals surface area contributed by atoms with Crippen LogP contribution in [0.15, 0.2) is 59.1 Å². The molecular weight excluding hydrogens is 564 g/mol. The van der Waals surface area contributed by atoms with Crippen molar-refractivity contribution in [3.63, 3.8) is 0 Å². The summed E-state index contributed by atoms with van der Waals surface area (Å²) in [6.07, 6.45) is 7.16. The molecule has 0 radical (unpaired) electrons. The minimum atomic E-state index is -0.412. The molecule has 0 aliphatic carbocycles. The molecule has 40 heavy (non-hydrogen) atoms. The number of terminal acetylenes is 1. The fraction of sp³-hybridized carbons (Fsp3) is 0.400. The smallest absolute Gasteiger partial charge is 0.338 e. The first-order valence-electron chi connectivity index (χ1n) is 13.7. The van der Waals surface area contributed by atoms with Crippen molar-refractivity contribution in [2.24, 2.45) is 0 Å². The maximum Gasteiger partial charge on any atom is 0.338 e. The van der Waals surface area contributed by atoms with E-state index in [1.807, 2.05) is 31.2 Å². The van der Waals surface area contributed by atoms with Gasteiger partial charge in [-0.3, -0.25) is 0 Å². The third kappa shape index (κ3) is 9.17. The number of halogens is 1. The number of benzene rings is 3. The molecule has 0 saturated carbocycles. The molecule has 0 aliphatic rings. The zero-order valence-corrected chi connectivity index (χ0v) is 26.4. The summed E-state index contributed by atoms with van der Waals surface area (Å²) in [5.41, 5.74) is 5.78. The Morgan fingerprint density at radius 1 is 0.825 bits per heavy atom. The number of rotatable bonds is 10. The summed E-state index contributed by atoms with van der Waals surface area (Å²) in [6.45, 7) is 16.6. The lowest BCUT2D eigenvalue weighted by atomic mass is 9.80. The number of carbonyl (C=O) groups is 1. The zero-order chi connectivity index (χ0) is 29.5. The monoisotopic (exact) mass is 604 g/mol. The van der Waals surface area contributed by atoms with E-state index in [1.54, 1.807) is 12.1 Å². The van der Waals surface area contributed by atoms with Crippen LogP contribution in [0.5, 0.6) is 11.5 Å². The Labute approximate surface area is 248 Å². The van der Waals surface area contributed by atoms with Crippen LogP contribution >= 0.6 is 15.9 Å². The van der Waals surface area contributed by atoms with E-state index < -0.39 is 5.97 Å². The van der Waals surface area contributed by atoms with E-state index in [-0.39, 0.29) is 17.4 Å². The standard InChI is InChI=1S/C35H41BrO4/c1-9-26-13-12-25(16-24(26)2)23-40-33(37)27-17-30(36)22-31(18-27)38-14-10-11-15-39-32-20-28(34(3,4)5)19-29(21-32)35(6,7)8/h1,12-13,16-22H,10-11,14-15,23H2,2-8H3. The first kappa shape index (κ1) is 31.3. The summed E-state index contributed by atoms with van der Waals surface area (Å²) in [4.78, 5) is 12.7. The normalized spacial score (nSPS) is 11.6. The fourth-order valence-electron chi connectivity index (χ4n) is 4.11. The van der Waals surface area contributed by atoms with Crippen LogP contribution in [0.25, 0.3) is 0 Å². The molecule has 0 spiro atoms. The second-order valence-corrected chi connectivity index (χ2v) is 13.1. The second kappa shape index (κ2) is 13.4. The van der Waals surface area contributed by atoms with Gasteiger partial charge in [-0.2, -0.15) is 0 Å². The van der Waals surface area contributed by atoms with Gasteiger partial charge in [-0.25, -0.2) is 4.79 Å². The Morgan fingerprint density at radius 3 is 1.93 bits per heavy atom. The molecule has 5 heteroatoms. The lowest BCUT2D eigenvalue weighted by Gasteiger charge is -2.26. The predicted octanol–water partition coefficient (Wildman–Crippen LogP) is 8.93. The van der Waals surface area contributed by atoms with Crippen LogP contribution in [0.1, 0.15) is 92.6 Å². The number of hydrogen-bond acceptors (Lipinski definition) is 4. The largest absolute Gasteiger partial charge is 0.494 e. The van der Waals surface area contributed by atoms with Crippen molar-refractivity contribution in [3.05, 3.63) is 92.5 Å². The topological polar surface area (TPSA) is 44.8 Å². The van der Waals surface area contributed by atoms with Crippen LogP contribution < -0.4 is 9.47 Å². The molecule has 0 unspecified atom stereocenters. The van der Waals surface area contributed by atoms with E-state index in [2.05, 4.69) is 81.6 Å². The van der Waals surface area contributed by atoms with Crippen LogP contribution in [0.3, 0.4) is 0 Å². The van der Waals surface area contributed by atoms with Crippen molar-refractivity contribution in [2.75, 3.05) is 13.2 Å². The van der Waals surface area contributed by atoms with Crippen molar-refractivity contribution in [2.45, 2.75) is 78.7 Å². The highest BCUT2D eigenvalue weighted by Crippen LogP contribution is 2.33. The molecule has 3 rings (SSSR count). The molecule has 0 heterocycles. The SMILES string of the molecule is C#Cc1ccc(COC(=O)c2cc(Br)cc(OCCCCOc3cc(C(C)(C)C)cc(C(C)(C)C)c3)c2)cc1C. The van der Waals surface area contributed by atoms with Crippen LogP contribution in [-0.4, -0.2) is 19.2 Å². The average Bonchev–Trinajstić information content (AvgIpc) is 2.88. The summed E-state index contributed by atoms with van der Waals surface area (Å²) >= 11 is 3.48. The summed E-state index contributed by atoms with van der Waals surface area (Å²) in [6, 6.07) is 17.6. The number of ether oxygens (including phenoxy) is 3. The summed E-state index contributed by atoms with van der Waals surface area (Å²) in [5, 5.41) is 0. The van der Waals surface area contributed by atoms with Crippen molar-refractivity contribution < 1.29 is 19.0 Å². The van der Waals surface area contributed by atoms with E-state index in [9.17, 15) is 4.79 Å². The Balaban J connectivity index is 1.50. The quantitative estimate of drug-likeness (QED) is 0.132. The Bertz CT molecular complexity index is 1340.